The molecule has 0 radical (unpaired) electrons. The maximum atomic E-state index is 12.8. The van der Waals surface area contributed by atoms with E-state index in [1.165, 1.54) is 22.9 Å². The van der Waals surface area contributed by atoms with Gasteiger partial charge in [0.15, 0.2) is 5.16 Å². The van der Waals surface area contributed by atoms with Crippen LogP contribution in [0.1, 0.15) is 17.2 Å². The van der Waals surface area contributed by atoms with Crippen molar-refractivity contribution in [2.45, 2.75) is 17.7 Å². The number of piperazine rings is 1. The van der Waals surface area contributed by atoms with Crippen LogP contribution in [0.25, 0.3) is 0 Å². The van der Waals surface area contributed by atoms with E-state index in [2.05, 4.69) is 75.8 Å². The van der Waals surface area contributed by atoms with Crippen LogP contribution in [0.3, 0.4) is 0 Å². The number of benzene rings is 2. The molecule has 1 aliphatic heterocycles. The van der Waals surface area contributed by atoms with Gasteiger partial charge in [0.05, 0.1) is 18.4 Å². The molecule has 0 spiro atoms. The first-order valence-electron chi connectivity index (χ1n) is 10.9. The van der Waals surface area contributed by atoms with Crippen molar-refractivity contribution in [3.63, 3.8) is 0 Å². The number of carbonyl (C=O) groups is 1. The fourth-order valence-electron chi connectivity index (χ4n) is 4.03. The van der Waals surface area contributed by atoms with Crippen LogP contribution in [-0.2, 0) is 16.1 Å². The summed E-state index contributed by atoms with van der Waals surface area (Å²) in [5.74, 6) is 0.513. The lowest BCUT2D eigenvalue weighted by Gasteiger charge is -2.39. The van der Waals surface area contributed by atoms with E-state index in [4.69, 9.17) is 4.74 Å². The Bertz CT molecular complexity index is 935. The monoisotopic (exact) mass is 451 g/mol. The normalized spacial score (nSPS) is 14.8. The minimum Gasteiger partial charge on any atom is -0.383 e. The highest BCUT2D eigenvalue weighted by molar-refractivity contribution is 7.99. The zero-order chi connectivity index (χ0) is 22.2. The number of ether oxygens (including phenoxy) is 1. The lowest BCUT2D eigenvalue weighted by Crippen LogP contribution is -2.50. The summed E-state index contributed by atoms with van der Waals surface area (Å²) in [5.41, 5.74) is 2.56. The fourth-order valence-corrected chi connectivity index (χ4v) is 4.88. The molecule has 8 heteroatoms. The Morgan fingerprint density at radius 1 is 1.00 bits per heavy atom. The highest BCUT2D eigenvalue weighted by atomic mass is 32.2. The molecule has 1 aromatic heterocycles. The van der Waals surface area contributed by atoms with Crippen molar-refractivity contribution >= 4 is 17.7 Å². The van der Waals surface area contributed by atoms with Crippen LogP contribution in [0.4, 0.5) is 0 Å². The van der Waals surface area contributed by atoms with Crippen molar-refractivity contribution < 1.29 is 9.53 Å². The number of nitrogens with zero attached hydrogens (tertiary/aromatic N) is 5. The Balaban J connectivity index is 1.35. The van der Waals surface area contributed by atoms with E-state index in [1.807, 2.05) is 9.47 Å². The molecule has 0 bridgehead atoms. The van der Waals surface area contributed by atoms with Gasteiger partial charge in [-0.1, -0.05) is 72.4 Å². The van der Waals surface area contributed by atoms with E-state index >= 15 is 0 Å². The van der Waals surface area contributed by atoms with Crippen molar-refractivity contribution in [1.82, 2.24) is 24.6 Å². The van der Waals surface area contributed by atoms with E-state index < -0.39 is 0 Å². The zero-order valence-electron chi connectivity index (χ0n) is 18.3. The second-order valence-corrected chi connectivity index (χ2v) is 8.67. The first-order valence-corrected chi connectivity index (χ1v) is 11.9. The predicted molar refractivity (Wildman–Crippen MR) is 126 cm³/mol. The third-order valence-electron chi connectivity index (χ3n) is 5.70. The standard InChI is InChI=1S/C24H29N5O2S/c1-31-17-16-29-19-25-26-24(29)32-18-22(30)27-12-14-28(15-13-27)23(20-8-4-2-5-9-20)21-10-6-3-7-11-21/h2-11,19,23H,12-18H2,1H3. The quantitative estimate of drug-likeness (QED) is 0.466. The summed E-state index contributed by atoms with van der Waals surface area (Å²) in [7, 11) is 1.67. The average Bonchev–Trinajstić information content (AvgIpc) is 3.30. The molecule has 0 aliphatic carbocycles. The Labute approximate surface area is 193 Å². The summed E-state index contributed by atoms with van der Waals surface area (Å²) in [4.78, 5) is 17.3. The summed E-state index contributed by atoms with van der Waals surface area (Å²) >= 11 is 1.44. The molecule has 1 fully saturated rings. The van der Waals surface area contributed by atoms with Crippen LogP contribution >= 0.6 is 11.8 Å². The van der Waals surface area contributed by atoms with Gasteiger partial charge in [0.1, 0.15) is 6.33 Å². The van der Waals surface area contributed by atoms with E-state index in [1.54, 1.807) is 13.4 Å². The molecule has 2 heterocycles. The van der Waals surface area contributed by atoms with Crippen molar-refractivity contribution in [2.24, 2.45) is 0 Å². The van der Waals surface area contributed by atoms with Crippen molar-refractivity contribution in [1.29, 1.82) is 0 Å². The van der Waals surface area contributed by atoms with E-state index in [9.17, 15) is 4.79 Å². The van der Waals surface area contributed by atoms with Gasteiger partial charge in [0.2, 0.25) is 5.91 Å². The van der Waals surface area contributed by atoms with E-state index in [0.717, 1.165) is 31.3 Å². The molecule has 7 nitrogen and oxygen atoms in total. The molecule has 0 atom stereocenters. The van der Waals surface area contributed by atoms with Gasteiger partial charge in [-0.05, 0) is 11.1 Å². The van der Waals surface area contributed by atoms with Gasteiger partial charge in [-0.2, -0.15) is 0 Å². The minimum atomic E-state index is 0.145. The molecular formula is C24H29N5O2S. The largest absolute Gasteiger partial charge is 0.383 e. The van der Waals surface area contributed by atoms with Gasteiger partial charge in [0, 0.05) is 39.8 Å². The minimum absolute atomic E-state index is 0.145. The van der Waals surface area contributed by atoms with Gasteiger partial charge < -0.3 is 14.2 Å². The number of hydrogen-bond acceptors (Lipinski definition) is 6. The fraction of sp³-hybridized carbons (Fsp3) is 0.375. The molecule has 4 rings (SSSR count). The van der Waals surface area contributed by atoms with Gasteiger partial charge >= 0.3 is 0 Å². The molecule has 1 amide bonds. The lowest BCUT2D eigenvalue weighted by atomic mass is 9.96. The number of thioether (sulfide) groups is 1. The maximum Gasteiger partial charge on any atom is 0.233 e. The predicted octanol–water partition coefficient (Wildman–Crippen LogP) is 2.95. The molecule has 32 heavy (non-hydrogen) atoms. The van der Waals surface area contributed by atoms with Crippen molar-refractivity contribution in [2.75, 3.05) is 45.6 Å². The molecule has 0 unspecified atom stereocenters. The first-order chi connectivity index (χ1) is 15.8. The van der Waals surface area contributed by atoms with Gasteiger partial charge in [-0.15, -0.1) is 10.2 Å². The Morgan fingerprint density at radius 3 is 2.22 bits per heavy atom. The molecule has 0 saturated carbocycles. The van der Waals surface area contributed by atoms with Crippen LogP contribution in [0, 0.1) is 0 Å². The highest BCUT2D eigenvalue weighted by Gasteiger charge is 2.28. The van der Waals surface area contributed by atoms with Crippen LogP contribution in [0.5, 0.6) is 0 Å². The second-order valence-electron chi connectivity index (χ2n) is 7.73. The lowest BCUT2D eigenvalue weighted by molar-refractivity contribution is -0.130. The molecule has 0 N–H and O–H groups in total. The van der Waals surface area contributed by atoms with Gasteiger partial charge in [0.25, 0.3) is 0 Å². The molecule has 1 aliphatic rings. The average molecular weight is 452 g/mol. The van der Waals surface area contributed by atoms with Crippen molar-refractivity contribution in [3.8, 4) is 0 Å². The number of hydrogen-bond donors (Lipinski definition) is 0. The van der Waals surface area contributed by atoms with Crippen molar-refractivity contribution in [3.05, 3.63) is 78.1 Å². The summed E-state index contributed by atoms with van der Waals surface area (Å²) in [6.07, 6.45) is 1.68. The topological polar surface area (TPSA) is 63.5 Å². The summed E-state index contributed by atoms with van der Waals surface area (Å²) < 4.78 is 7.04. The van der Waals surface area contributed by atoms with Crippen LogP contribution in [0.2, 0.25) is 0 Å². The smallest absolute Gasteiger partial charge is 0.233 e. The third-order valence-corrected chi connectivity index (χ3v) is 6.67. The van der Waals surface area contributed by atoms with Crippen LogP contribution in [0.15, 0.2) is 72.1 Å². The molecule has 1 saturated heterocycles. The molecule has 168 valence electrons. The maximum absolute atomic E-state index is 12.8. The van der Waals surface area contributed by atoms with E-state index in [0.29, 0.717) is 18.9 Å². The van der Waals surface area contributed by atoms with E-state index in [-0.39, 0.29) is 11.9 Å². The number of carbonyl (C=O) groups excluding carboxylic acids is 1. The number of rotatable bonds is 9. The third kappa shape index (κ3) is 5.56. The van der Waals surface area contributed by atoms with Gasteiger partial charge in [-0.25, -0.2) is 0 Å². The second kappa shape index (κ2) is 11.3. The molecular weight excluding hydrogens is 422 g/mol. The number of methoxy groups -OCH3 is 1. The Kier molecular flexibility index (Phi) is 7.92. The van der Waals surface area contributed by atoms with Crippen LogP contribution in [-0.4, -0.2) is 76.1 Å². The Hall–Kier alpha value is -2.68. The first kappa shape index (κ1) is 22.5. The SMILES string of the molecule is COCCn1cnnc1SCC(=O)N1CCN(C(c2ccccc2)c2ccccc2)CC1. The number of aromatic nitrogens is 3. The summed E-state index contributed by atoms with van der Waals surface area (Å²) in [5, 5.41) is 8.84. The number of amides is 1. The summed E-state index contributed by atoms with van der Waals surface area (Å²) in [6.45, 7) is 4.41. The molecule has 3 aromatic rings. The Morgan fingerprint density at radius 2 is 1.62 bits per heavy atom. The zero-order valence-corrected chi connectivity index (χ0v) is 19.2. The molecule has 2 aromatic carbocycles. The highest BCUT2D eigenvalue weighted by Crippen LogP contribution is 2.29. The van der Waals surface area contributed by atoms with Crippen LogP contribution < -0.4 is 0 Å². The summed E-state index contributed by atoms with van der Waals surface area (Å²) in [6, 6.07) is 21.4. The van der Waals surface area contributed by atoms with Gasteiger partial charge in [-0.3, -0.25) is 9.69 Å².